The van der Waals surface area contributed by atoms with Gasteiger partial charge in [-0.15, -0.1) is 6.42 Å². The van der Waals surface area contributed by atoms with Gasteiger partial charge in [-0.1, -0.05) is 36.4 Å². The van der Waals surface area contributed by atoms with E-state index in [0.717, 1.165) is 95.2 Å². The van der Waals surface area contributed by atoms with E-state index >= 15 is 0 Å². The summed E-state index contributed by atoms with van der Waals surface area (Å²) in [6.07, 6.45) is 27.2. The second-order valence-electron chi connectivity index (χ2n) is 29.6. The number of nitrogens with zero attached hydrogens (tertiary/aromatic N) is 6. The summed E-state index contributed by atoms with van der Waals surface area (Å²) in [6.45, 7) is 20.7. The molecule has 14 rings (SSSR count). The third kappa shape index (κ3) is 27.7. The van der Waals surface area contributed by atoms with Crippen LogP contribution in [-0.2, 0) is 96.0 Å². The Balaban J connectivity index is 0.000000173. The number of ether oxygens (including phenoxy) is 3. The summed E-state index contributed by atoms with van der Waals surface area (Å²) in [4.78, 5) is 135. The smallest absolute Gasteiger partial charge is 0.384 e. The van der Waals surface area contributed by atoms with Crippen molar-refractivity contribution in [1.82, 2.24) is 29.8 Å². The van der Waals surface area contributed by atoms with Gasteiger partial charge in [-0.25, -0.2) is 44.1 Å². The van der Waals surface area contributed by atoms with Crippen LogP contribution in [0.1, 0.15) is 166 Å². The number of pyridine rings is 5. The zero-order valence-corrected chi connectivity index (χ0v) is 67.9. The van der Waals surface area contributed by atoms with Crippen LogP contribution in [0.15, 0.2) is 141 Å². The minimum Gasteiger partial charge on any atom is -0.478 e. The van der Waals surface area contributed by atoms with Crippen LogP contribution >= 0.6 is 15.9 Å². The number of carboxylic acid groups (broad SMARTS) is 1. The van der Waals surface area contributed by atoms with Crippen molar-refractivity contribution in [3.05, 3.63) is 200 Å². The van der Waals surface area contributed by atoms with Crippen molar-refractivity contribution in [2.24, 2.45) is 0 Å². The summed E-state index contributed by atoms with van der Waals surface area (Å²) in [5, 5.41) is 27.3. The van der Waals surface area contributed by atoms with E-state index in [-0.39, 0.29) is 41.4 Å². The third-order valence-corrected chi connectivity index (χ3v) is 17.3. The highest BCUT2D eigenvalue weighted by atomic mass is 79.9. The van der Waals surface area contributed by atoms with Crippen LogP contribution in [0.4, 0.5) is 35.0 Å². The molecule has 0 spiro atoms. The van der Waals surface area contributed by atoms with Crippen molar-refractivity contribution in [2.45, 2.75) is 164 Å². The Hall–Kier alpha value is -13.0. The number of terminal acetylenes is 1. The topological polar surface area (TPSA) is 385 Å². The van der Waals surface area contributed by atoms with Gasteiger partial charge in [0, 0.05) is 128 Å². The number of anilines is 6. The maximum absolute atomic E-state index is 12.5. The lowest BCUT2D eigenvalue weighted by atomic mass is 10.0. The Bertz CT molecular complexity index is 5280. The van der Waals surface area contributed by atoms with Crippen molar-refractivity contribution in [3.63, 3.8) is 0 Å². The monoisotopic (exact) mass is 1630 g/mol. The summed E-state index contributed by atoms with van der Waals surface area (Å²) in [5.41, 5.74) is 10.2. The fraction of sp³-hybridized carbons (Fsp3) is 0.314. The van der Waals surface area contributed by atoms with E-state index in [9.17, 15) is 47.9 Å². The molecule has 6 amide bonds. The summed E-state index contributed by atoms with van der Waals surface area (Å²) in [6, 6.07) is 25.3. The van der Waals surface area contributed by atoms with Gasteiger partial charge in [-0.05, 0) is 229 Å². The summed E-state index contributed by atoms with van der Waals surface area (Å²) < 4.78 is 27.5. The van der Waals surface area contributed by atoms with Crippen molar-refractivity contribution >= 4 is 150 Å². The van der Waals surface area contributed by atoms with E-state index < -0.39 is 34.7 Å². The van der Waals surface area contributed by atoms with Crippen LogP contribution in [0.2, 0.25) is 0 Å². The molecule has 600 valence electrons. The minimum atomic E-state index is -0.994. The number of halogens is 1. The van der Waals surface area contributed by atoms with E-state index in [2.05, 4.69) is 85.7 Å². The number of para-hydroxylation sites is 2. The molecule has 0 saturated heterocycles. The number of aromatic nitrogens is 5. The Labute approximate surface area is 674 Å². The van der Waals surface area contributed by atoms with Crippen LogP contribution in [0.3, 0.4) is 0 Å². The van der Waals surface area contributed by atoms with E-state index in [0.29, 0.717) is 99.0 Å². The molecular formula is C86H93BrN12O16. The molecule has 29 heteroatoms. The van der Waals surface area contributed by atoms with Gasteiger partial charge >= 0.3 is 23.9 Å². The number of aryl methyl sites for hydroxylation is 7. The fourth-order valence-corrected chi connectivity index (χ4v) is 11.8. The van der Waals surface area contributed by atoms with Crippen LogP contribution in [0.25, 0.3) is 40.2 Å². The first-order chi connectivity index (χ1) is 54.4. The largest absolute Gasteiger partial charge is 0.478 e. The number of nitrogens with one attached hydrogen (secondary N) is 6. The highest BCUT2D eigenvalue weighted by molar-refractivity contribution is 9.10. The Kier molecular flexibility index (Phi) is 30.5. The lowest BCUT2D eigenvalue weighted by Gasteiger charge is -2.20. The van der Waals surface area contributed by atoms with Gasteiger partial charge in [0.2, 0.25) is 35.4 Å². The molecule has 0 unspecified atom stereocenters. The first-order valence-corrected chi connectivity index (χ1v) is 37.6. The van der Waals surface area contributed by atoms with Crippen LogP contribution in [0, 0.1) is 26.2 Å². The SMILES string of the molecule is C#CC(=O)OC(C)(C)C.CC(C)(C)OC(=O)/C=C\c1cnc2c(c1)CCC(=O)N2.CC(C)(C)OC(=O)c1cnc2c(c1)CCC(=O)N2.CNc1oc2ccccc2c1C.Cc1c(CN(C)C(=O)/C=C\c2cnc3c(c2)CCC(=O)N3)oc2ccccc12.O=C(O)/C=C\c1cnc2c(c1)CCC(=O)N2.O=C1CCc2cc(Br)cnc2N1. The van der Waals surface area contributed by atoms with Crippen molar-refractivity contribution < 1.29 is 76.1 Å². The van der Waals surface area contributed by atoms with E-state index in [1.165, 1.54) is 41.6 Å². The van der Waals surface area contributed by atoms with Gasteiger partial charge in [-0.3, -0.25) is 28.8 Å². The van der Waals surface area contributed by atoms with Crippen molar-refractivity contribution in [3.8, 4) is 12.3 Å². The minimum absolute atomic E-state index is 0.0120. The number of rotatable bonds is 10. The molecule has 0 fully saturated rings. The maximum Gasteiger partial charge on any atom is 0.384 e. The number of esters is 3. The number of carbonyl (C=O) groups excluding carboxylic acids is 9. The molecule has 9 aromatic rings. The highest BCUT2D eigenvalue weighted by Crippen LogP contribution is 2.31. The molecule has 5 aliphatic rings. The Morgan fingerprint density at radius 3 is 1.30 bits per heavy atom. The summed E-state index contributed by atoms with van der Waals surface area (Å²) in [7, 11) is 3.62. The van der Waals surface area contributed by atoms with Crippen molar-refractivity contribution in [2.75, 3.05) is 46.0 Å². The molecule has 0 aliphatic carbocycles. The van der Waals surface area contributed by atoms with E-state index in [1.54, 1.807) is 69.5 Å². The van der Waals surface area contributed by atoms with Crippen LogP contribution in [0.5, 0.6) is 0 Å². The van der Waals surface area contributed by atoms with Crippen LogP contribution in [-0.4, -0.2) is 125 Å². The highest BCUT2D eigenvalue weighted by Gasteiger charge is 2.25. The van der Waals surface area contributed by atoms with Gasteiger partial charge in [0.05, 0.1) is 12.1 Å². The molecule has 12 heterocycles. The molecule has 0 bridgehead atoms. The Morgan fingerprint density at radius 2 is 0.904 bits per heavy atom. The molecule has 0 saturated carbocycles. The molecule has 7 N–H and O–H groups in total. The van der Waals surface area contributed by atoms with Crippen LogP contribution < -0.4 is 31.9 Å². The normalized spacial score (nSPS) is 13.7. The summed E-state index contributed by atoms with van der Waals surface area (Å²) in [5.74, 6) is 3.99. The molecular weight excluding hydrogens is 1540 g/mol. The maximum atomic E-state index is 12.5. The average Bonchev–Trinajstić information content (AvgIpc) is 1.66. The number of hydrogen-bond acceptors (Lipinski definition) is 21. The number of likely N-dealkylation sites (N-methyl/N-ethyl adjacent to an activating group) is 1. The number of fused-ring (bicyclic) bond motifs is 7. The van der Waals surface area contributed by atoms with E-state index in [1.807, 2.05) is 128 Å². The third-order valence-electron chi connectivity index (χ3n) is 16.8. The predicted molar refractivity (Wildman–Crippen MR) is 442 cm³/mol. The van der Waals surface area contributed by atoms with Gasteiger partial charge in [0.15, 0.2) is 5.88 Å². The second kappa shape index (κ2) is 40.0. The van der Waals surface area contributed by atoms with Gasteiger partial charge in [0.1, 0.15) is 62.8 Å². The summed E-state index contributed by atoms with van der Waals surface area (Å²) >= 11 is 3.33. The number of benzene rings is 2. The second-order valence-corrected chi connectivity index (χ2v) is 30.5. The molecule has 5 aliphatic heterocycles. The zero-order chi connectivity index (χ0) is 83.9. The van der Waals surface area contributed by atoms with E-state index in [4.69, 9.17) is 34.6 Å². The first kappa shape index (κ1) is 87.6. The molecule has 0 radical (unpaired) electrons. The average molecular weight is 1630 g/mol. The number of hydrogen-bond donors (Lipinski definition) is 7. The van der Waals surface area contributed by atoms with Gasteiger partial charge in [0.25, 0.3) is 0 Å². The molecule has 7 aromatic heterocycles. The lowest BCUT2D eigenvalue weighted by Crippen LogP contribution is -2.25. The predicted octanol–water partition coefficient (Wildman–Crippen LogP) is 14.5. The molecule has 28 nitrogen and oxygen atoms in total. The number of carboxylic acids is 1. The standard InChI is InChI=1S/C22H21N3O3.C15H18N2O3.C13H16N2O3.C11H10N2O3.C10H11NO.C8H7BrN2O.C7H10O2/c1-14-17-5-3-4-6-18(17)28-19(14)13-25(2)21(27)10-7-15-11-16-8-9-20(26)24-22(16)23-12-15;1-15(2,3)20-13(19)7-4-10-8-11-5-6-12(18)17-14(11)16-9-10;1-13(2,3)18-12(17)9-6-8-4-5-10(16)15-11(8)14-7-9;14-9-3-2-8-5-7(1-4-10(15)16)6-12-11(8)13-9;1-7-8-5-3-4-6-9(8)12-10(7)11-2;9-6-3-5-1-2-7(12)11-8(5)10-4-6;1-5-6(8)9-7(2,3)4/h3-7,10-12H,8-9,13H2,1-2H3,(H,23,24,26);4,7-9H,5-6H2,1-3H3,(H,16,17,18);6-7H,4-5H2,1-3H3,(H,14,15,16);1,4-6H,2-3H2,(H,15,16)(H,12,13,14);3-6,11H,1-2H3;3-4H,1-2H2,(H,10,11,12);1H,2-4H3/b10-7-;7-4-;;4-1-;;;. The number of aliphatic carboxylic acids is 1. The quantitative estimate of drug-likeness (QED) is 0.0220. The van der Waals surface area contributed by atoms with Gasteiger partial charge in [-0.2, -0.15) is 0 Å². The number of carbonyl (C=O) groups is 10. The molecule has 2 aromatic carbocycles. The van der Waals surface area contributed by atoms with Crippen molar-refractivity contribution in [1.29, 1.82) is 0 Å². The lowest BCUT2D eigenvalue weighted by molar-refractivity contribution is -0.149. The molecule has 115 heavy (non-hydrogen) atoms. The fourth-order valence-electron chi connectivity index (χ4n) is 11.4. The zero-order valence-electron chi connectivity index (χ0n) is 66.3. The van der Waals surface area contributed by atoms with Gasteiger partial charge < -0.3 is 65.0 Å². The number of furan rings is 2. The Morgan fingerprint density at radius 1 is 0.522 bits per heavy atom. The molecule has 0 atom stereocenters. The first-order valence-electron chi connectivity index (χ1n) is 36.8. The number of amides is 6.